The lowest BCUT2D eigenvalue weighted by molar-refractivity contribution is 0.0374. The Kier molecular flexibility index (Phi) is 4.64. The van der Waals surface area contributed by atoms with Crippen molar-refractivity contribution in [1.82, 2.24) is 15.4 Å². The van der Waals surface area contributed by atoms with Crippen LogP contribution in [0.2, 0.25) is 0 Å². The number of nitrogens with zero attached hydrogens (tertiary/aromatic N) is 2. The molecule has 6 nitrogen and oxygen atoms in total. The number of morpholine rings is 1. The van der Waals surface area contributed by atoms with Crippen LogP contribution in [0, 0.1) is 0 Å². The molecule has 0 saturated carbocycles. The molecule has 0 spiro atoms. The first-order valence-electron chi connectivity index (χ1n) is 8.46. The summed E-state index contributed by atoms with van der Waals surface area (Å²) >= 11 is 1.74. The van der Waals surface area contributed by atoms with E-state index in [0.29, 0.717) is 12.2 Å². The van der Waals surface area contributed by atoms with Crippen LogP contribution in [0.3, 0.4) is 0 Å². The third kappa shape index (κ3) is 3.11. The molecule has 1 N–H and O–H groups in total. The molecule has 7 heteroatoms. The number of thiophene rings is 1. The number of ether oxygens (including phenoxy) is 1. The average molecular weight is 347 g/mol. The van der Waals surface area contributed by atoms with Gasteiger partial charge in [-0.1, -0.05) is 5.16 Å². The number of nitrogens with one attached hydrogen (secondary N) is 1. The fourth-order valence-electron chi connectivity index (χ4n) is 3.32. The summed E-state index contributed by atoms with van der Waals surface area (Å²) in [5.74, 6) is 0.650. The van der Waals surface area contributed by atoms with Crippen molar-refractivity contribution in [2.24, 2.45) is 0 Å². The summed E-state index contributed by atoms with van der Waals surface area (Å²) < 4.78 is 10.8. The SMILES string of the molecule is O=C(NCCCN1CCOCC1)c1noc2c1CCc1sccc1-2. The van der Waals surface area contributed by atoms with E-state index >= 15 is 0 Å². The summed E-state index contributed by atoms with van der Waals surface area (Å²) in [7, 11) is 0. The van der Waals surface area contributed by atoms with Crippen molar-refractivity contribution < 1.29 is 14.1 Å². The molecule has 1 aliphatic heterocycles. The lowest BCUT2D eigenvalue weighted by Crippen LogP contribution is -2.38. The summed E-state index contributed by atoms with van der Waals surface area (Å²) in [4.78, 5) is 16.1. The third-order valence-electron chi connectivity index (χ3n) is 4.64. The lowest BCUT2D eigenvalue weighted by Gasteiger charge is -2.26. The van der Waals surface area contributed by atoms with Gasteiger partial charge in [-0.05, 0) is 37.3 Å². The van der Waals surface area contributed by atoms with Crippen molar-refractivity contribution in [3.05, 3.63) is 27.6 Å². The van der Waals surface area contributed by atoms with Crippen LogP contribution in [0.1, 0.15) is 27.3 Å². The molecule has 0 aromatic carbocycles. The van der Waals surface area contributed by atoms with Crippen LogP contribution in [0.4, 0.5) is 0 Å². The van der Waals surface area contributed by atoms with Crippen LogP contribution in [-0.2, 0) is 17.6 Å². The van der Waals surface area contributed by atoms with Gasteiger partial charge in [0.15, 0.2) is 11.5 Å². The van der Waals surface area contributed by atoms with Gasteiger partial charge in [-0.15, -0.1) is 11.3 Å². The maximum Gasteiger partial charge on any atom is 0.273 e. The summed E-state index contributed by atoms with van der Waals surface area (Å²) in [6.07, 6.45) is 2.71. The average Bonchev–Trinajstić information content (AvgIpc) is 3.25. The van der Waals surface area contributed by atoms with Crippen LogP contribution in [0.5, 0.6) is 0 Å². The molecule has 3 heterocycles. The zero-order chi connectivity index (χ0) is 16.4. The van der Waals surface area contributed by atoms with Gasteiger partial charge in [-0.3, -0.25) is 9.69 Å². The molecule has 1 fully saturated rings. The minimum Gasteiger partial charge on any atom is -0.379 e. The highest BCUT2D eigenvalue weighted by Crippen LogP contribution is 2.37. The Morgan fingerprint density at radius 3 is 3.08 bits per heavy atom. The Balaban J connectivity index is 1.33. The molecule has 4 rings (SSSR count). The van der Waals surface area contributed by atoms with Crippen LogP contribution in [0.25, 0.3) is 11.3 Å². The summed E-state index contributed by atoms with van der Waals surface area (Å²) in [6, 6.07) is 2.05. The number of aryl methyl sites for hydroxylation is 1. The summed E-state index contributed by atoms with van der Waals surface area (Å²) in [5, 5.41) is 9.07. The number of fused-ring (bicyclic) bond motifs is 3. The van der Waals surface area contributed by atoms with Gasteiger partial charge in [0, 0.05) is 35.6 Å². The molecule has 2 aliphatic rings. The molecule has 0 bridgehead atoms. The fraction of sp³-hybridized carbons (Fsp3) is 0.529. The molecular formula is C17H21N3O3S. The predicted molar refractivity (Wildman–Crippen MR) is 91.4 cm³/mol. The van der Waals surface area contributed by atoms with Crippen LogP contribution in [0.15, 0.2) is 16.0 Å². The van der Waals surface area contributed by atoms with E-state index in [4.69, 9.17) is 9.26 Å². The van der Waals surface area contributed by atoms with Gasteiger partial charge in [0.2, 0.25) is 0 Å². The topological polar surface area (TPSA) is 67.6 Å². The quantitative estimate of drug-likeness (QED) is 0.838. The molecule has 2 aromatic heterocycles. The second-order valence-corrected chi connectivity index (χ2v) is 7.16. The Morgan fingerprint density at radius 2 is 2.21 bits per heavy atom. The monoisotopic (exact) mass is 347 g/mol. The highest BCUT2D eigenvalue weighted by atomic mass is 32.1. The molecule has 128 valence electrons. The summed E-state index contributed by atoms with van der Waals surface area (Å²) in [6.45, 7) is 5.21. The van der Waals surface area contributed by atoms with Crippen molar-refractivity contribution >= 4 is 17.2 Å². The van der Waals surface area contributed by atoms with Gasteiger partial charge in [-0.2, -0.15) is 0 Å². The van der Waals surface area contributed by atoms with E-state index in [1.807, 2.05) is 6.07 Å². The molecule has 0 unspecified atom stereocenters. The highest BCUT2D eigenvalue weighted by molar-refractivity contribution is 7.10. The number of hydrogen-bond acceptors (Lipinski definition) is 6. The lowest BCUT2D eigenvalue weighted by atomic mass is 9.95. The zero-order valence-electron chi connectivity index (χ0n) is 13.5. The molecule has 1 saturated heterocycles. The Morgan fingerprint density at radius 1 is 1.33 bits per heavy atom. The van der Waals surface area contributed by atoms with Gasteiger partial charge in [0.1, 0.15) is 0 Å². The second kappa shape index (κ2) is 7.04. The van der Waals surface area contributed by atoms with E-state index in [9.17, 15) is 4.79 Å². The molecule has 1 amide bonds. The van der Waals surface area contributed by atoms with Crippen LogP contribution in [-0.4, -0.2) is 55.4 Å². The van der Waals surface area contributed by atoms with E-state index in [-0.39, 0.29) is 5.91 Å². The van der Waals surface area contributed by atoms with E-state index in [0.717, 1.165) is 69.0 Å². The zero-order valence-corrected chi connectivity index (χ0v) is 14.4. The van der Waals surface area contributed by atoms with Crippen molar-refractivity contribution in [3.8, 4) is 11.3 Å². The Hall–Kier alpha value is -1.70. The number of amides is 1. The fourth-order valence-corrected chi connectivity index (χ4v) is 4.20. The third-order valence-corrected chi connectivity index (χ3v) is 5.62. The first-order valence-corrected chi connectivity index (χ1v) is 9.34. The number of carbonyl (C=O) groups excluding carboxylic acids is 1. The van der Waals surface area contributed by atoms with Crippen molar-refractivity contribution in [1.29, 1.82) is 0 Å². The smallest absolute Gasteiger partial charge is 0.273 e. The first kappa shape index (κ1) is 15.8. The molecule has 0 atom stereocenters. The standard InChI is InChI=1S/C17H21N3O3S/c21-17(18-5-1-6-20-7-9-22-10-8-20)15-13-2-3-14-12(4-11-24-14)16(13)23-19-15/h4,11H,1-3,5-10H2,(H,18,21). The van der Waals surface area contributed by atoms with E-state index in [1.54, 1.807) is 11.3 Å². The molecule has 24 heavy (non-hydrogen) atoms. The molecule has 2 aromatic rings. The second-order valence-electron chi connectivity index (χ2n) is 6.16. The minimum atomic E-state index is -0.124. The Labute approximate surface area is 144 Å². The molecule has 0 radical (unpaired) electrons. The maximum atomic E-state index is 12.4. The van der Waals surface area contributed by atoms with Crippen LogP contribution < -0.4 is 5.32 Å². The number of rotatable bonds is 5. The van der Waals surface area contributed by atoms with Gasteiger partial charge >= 0.3 is 0 Å². The Bertz CT molecular complexity index is 718. The number of aromatic nitrogens is 1. The largest absolute Gasteiger partial charge is 0.379 e. The normalized spacial score (nSPS) is 17.3. The maximum absolute atomic E-state index is 12.4. The summed E-state index contributed by atoms with van der Waals surface area (Å²) in [5.41, 5.74) is 2.50. The van der Waals surface area contributed by atoms with E-state index in [1.165, 1.54) is 4.88 Å². The van der Waals surface area contributed by atoms with Crippen molar-refractivity contribution in [2.45, 2.75) is 19.3 Å². The predicted octanol–water partition coefficient (Wildman–Crippen LogP) is 1.95. The van der Waals surface area contributed by atoms with Crippen molar-refractivity contribution in [3.63, 3.8) is 0 Å². The van der Waals surface area contributed by atoms with E-state index in [2.05, 4.69) is 20.8 Å². The molecular weight excluding hydrogens is 326 g/mol. The van der Waals surface area contributed by atoms with Gasteiger partial charge < -0.3 is 14.6 Å². The number of carbonyl (C=O) groups is 1. The molecule has 1 aliphatic carbocycles. The highest BCUT2D eigenvalue weighted by Gasteiger charge is 2.28. The van der Waals surface area contributed by atoms with Gasteiger partial charge in [0.05, 0.1) is 13.2 Å². The van der Waals surface area contributed by atoms with Crippen LogP contribution >= 0.6 is 11.3 Å². The first-order chi connectivity index (χ1) is 11.8. The van der Waals surface area contributed by atoms with Crippen molar-refractivity contribution in [2.75, 3.05) is 39.4 Å². The van der Waals surface area contributed by atoms with Gasteiger partial charge in [0.25, 0.3) is 5.91 Å². The van der Waals surface area contributed by atoms with Gasteiger partial charge in [-0.25, -0.2) is 0 Å². The number of hydrogen-bond donors (Lipinski definition) is 1. The van der Waals surface area contributed by atoms with E-state index < -0.39 is 0 Å². The minimum absolute atomic E-state index is 0.124.